The van der Waals surface area contributed by atoms with Gasteiger partial charge in [-0.05, 0) is 11.6 Å². The van der Waals surface area contributed by atoms with Gasteiger partial charge in [-0.15, -0.1) is 5.10 Å². The Morgan fingerprint density at radius 2 is 1.77 bits per heavy atom. The lowest BCUT2D eigenvalue weighted by Crippen LogP contribution is -2.01. The molecule has 0 radical (unpaired) electrons. The summed E-state index contributed by atoms with van der Waals surface area (Å²) < 4.78 is 1.52. The van der Waals surface area contributed by atoms with E-state index in [9.17, 15) is 10.1 Å². The van der Waals surface area contributed by atoms with Crippen LogP contribution in [-0.2, 0) is 6.54 Å². The molecule has 0 aliphatic heterocycles. The van der Waals surface area contributed by atoms with Crippen LogP contribution in [0.4, 0.5) is 5.69 Å². The molecule has 0 aliphatic rings. The van der Waals surface area contributed by atoms with Crippen molar-refractivity contribution >= 4 is 17.3 Å². The zero-order chi connectivity index (χ0) is 15.5. The van der Waals surface area contributed by atoms with Gasteiger partial charge < -0.3 is 0 Å². The molecule has 0 unspecified atom stereocenters. The van der Waals surface area contributed by atoms with E-state index in [0.717, 1.165) is 5.56 Å². The van der Waals surface area contributed by atoms with Crippen LogP contribution in [0.1, 0.15) is 5.56 Å². The predicted octanol–water partition coefficient (Wildman–Crippen LogP) is 3.56. The summed E-state index contributed by atoms with van der Waals surface area (Å²) in [6, 6.07) is 16.0. The van der Waals surface area contributed by atoms with Gasteiger partial charge in [-0.2, -0.15) is 0 Å². The van der Waals surface area contributed by atoms with Crippen molar-refractivity contribution in [2.45, 2.75) is 6.54 Å². The number of hydrogen-bond acceptors (Lipinski definition) is 4. The number of aromatic nitrogens is 3. The second-order valence-corrected chi connectivity index (χ2v) is 5.00. The van der Waals surface area contributed by atoms with Gasteiger partial charge in [-0.3, -0.25) is 10.1 Å². The molecule has 0 atom stereocenters. The Bertz CT molecular complexity index is 817. The molecule has 3 rings (SSSR count). The van der Waals surface area contributed by atoms with Crippen molar-refractivity contribution in [3.05, 3.63) is 75.4 Å². The maximum Gasteiger partial charge on any atom is 0.278 e. The first kappa shape index (κ1) is 14.2. The molecule has 110 valence electrons. The molecule has 0 N–H and O–H groups in total. The highest BCUT2D eigenvalue weighted by Crippen LogP contribution is 2.32. The molecule has 1 heterocycles. The summed E-state index contributed by atoms with van der Waals surface area (Å²) in [5, 5.41) is 19.4. The maximum absolute atomic E-state index is 11.1. The maximum atomic E-state index is 11.1. The van der Waals surface area contributed by atoms with Gasteiger partial charge in [0.25, 0.3) is 5.69 Å². The first-order valence-corrected chi connectivity index (χ1v) is 6.91. The zero-order valence-electron chi connectivity index (χ0n) is 11.4. The molecular formula is C15H11ClN4O2. The van der Waals surface area contributed by atoms with E-state index in [4.69, 9.17) is 11.6 Å². The smallest absolute Gasteiger partial charge is 0.258 e. The van der Waals surface area contributed by atoms with Crippen molar-refractivity contribution in [3.8, 4) is 11.3 Å². The normalized spacial score (nSPS) is 10.6. The van der Waals surface area contributed by atoms with E-state index >= 15 is 0 Å². The fourth-order valence-electron chi connectivity index (χ4n) is 2.16. The van der Waals surface area contributed by atoms with Gasteiger partial charge in [0.2, 0.25) is 0 Å². The number of nitrogens with zero attached hydrogens (tertiary/aromatic N) is 4. The minimum Gasteiger partial charge on any atom is -0.258 e. The fraction of sp³-hybridized carbons (Fsp3) is 0.0667. The first-order chi connectivity index (χ1) is 10.7. The summed E-state index contributed by atoms with van der Waals surface area (Å²) in [7, 11) is 0. The molecule has 0 aliphatic carbocycles. The number of para-hydroxylation sites is 1. The molecule has 22 heavy (non-hydrogen) atoms. The predicted molar refractivity (Wildman–Crippen MR) is 82.7 cm³/mol. The molecule has 3 aromatic rings. The molecule has 0 spiro atoms. The van der Waals surface area contributed by atoms with E-state index in [-0.39, 0.29) is 10.8 Å². The summed E-state index contributed by atoms with van der Waals surface area (Å²) in [6.07, 6.45) is 0. The second-order valence-electron chi connectivity index (χ2n) is 4.65. The Balaban J connectivity index is 1.99. The van der Waals surface area contributed by atoms with Crippen molar-refractivity contribution in [3.63, 3.8) is 0 Å². The fourth-order valence-corrected chi connectivity index (χ4v) is 2.39. The SMILES string of the molecule is O=[N+]([O-])c1ccccc1-c1nnn(Cc2ccccc2)c1Cl. The van der Waals surface area contributed by atoms with Gasteiger partial charge in [0, 0.05) is 6.07 Å². The van der Waals surface area contributed by atoms with E-state index < -0.39 is 4.92 Å². The molecular weight excluding hydrogens is 304 g/mol. The number of hydrogen-bond donors (Lipinski definition) is 0. The van der Waals surface area contributed by atoms with E-state index in [1.165, 1.54) is 10.7 Å². The van der Waals surface area contributed by atoms with Gasteiger partial charge in [0.15, 0.2) is 5.15 Å². The Morgan fingerprint density at radius 1 is 1.09 bits per heavy atom. The first-order valence-electron chi connectivity index (χ1n) is 6.53. The molecule has 0 bridgehead atoms. The standard InChI is InChI=1S/C15H11ClN4O2/c16-15-14(12-8-4-5-9-13(12)20(21)22)17-18-19(15)10-11-6-2-1-3-7-11/h1-9H,10H2. The average Bonchev–Trinajstić information content (AvgIpc) is 2.89. The Morgan fingerprint density at radius 3 is 2.50 bits per heavy atom. The van der Waals surface area contributed by atoms with Crippen LogP contribution < -0.4 is 0 Å². The Hall–Kier alpha value is -2.73. The number of halogens is 1. The summed E-state index contributed by atoms with van der Waals surface area (Å²) in [4.78, 5) is 10.7. The quantitative estimate of drug-likeness (QED) is 0.545. The topological polar surface area (TPSA) is 73.8 Å². The van der Waals surface area contributed by atoms with Gasteiger partial charge in [0.1, 0.15) is 5.69 Å². The largest absolute Gasteiger partial charge is 0.278 e. The van der Waals surface area contributed by atoms with Crippen molar-refractivity contribution < 1.29 is 4.92 Å². The van der Waals surface area contributed by atoms with Crippen LogP contribution >= 0.6 is 11.6 Å². The van der Waals surface area contributed by atoms with Crippen LogP contribution in [0.3, 0.4) is 0 Å². The molecule has 7 heteroatoms. The molecule has 0 saturated heterocycles. The average molecular weight is 315 g/mol. The Kier molecular flexibility index (Phi) is 3.84. The molecule has 1 aromatic heterocycles. The molecule has 0 amide bonds. The van der Waals surface area contributed by atoms with E-state index in [2.05, 4.69) is 10.3 Å². The lowest BCUT2D eigenvalue weighted by atomic mass is 10.1. The monoisotopic (exact) mass is 314 g/mol. The number of benzene rings is 2. The van der Waals surface area contributed by atoms with Gasteiger partial charge in [0.05, 0.1) is 17.0 Å². The third-order valence-electron chi connectivity index (χ3n) is 3.21. The van der Waals surface area contributed by atoms with E-state index in [0.29, 0.717) is 17.8 Å². The van der Waals surface area contributed by atoms with Gasteiger partial charge in [-0.1, -0.05) is 59.3 Å². The highest BCUT2D eigenvalue weighted by Gasteiger charge is 2.21. The lowest BCUT2D eigenvalue weighted by molar-refractivity contribution is -0.384. The van der Waals surface area contributed by atoms with Crippen LogP contribution in [-0.4, -0.2) is 19.9 Å². The van der Waals surface area contributed by atoms with Crippen LogP contribution in [0.2, 0.25) is 5.15 Å². The van der Waals surface area contributed by atoms with Crippen molar-refractivity contribution in [2.24, 2.45) is 0 Å². The minimum absolute atomic E-state index is 0.0452. The summed E-state index contributed by atoms with van der Waals surface area (Å²) in [5.41, 5.74) is 1.64. The van der Waals surface area contributed by atoms with E-state index in [1.807, 2.05) is 30.3 Å². The summed E-state index contributed by atoms with van der Waals surface area (Å²) in [5.74, 6) is 0. The Labute approximate surface area is 131 Å². The summed E-state index contributed by atoms with van der Waals surface area (Å²) >= 11 is 6.30. The van der Waals surface area contributed by atoms with Crippen LogP contribution in [0.5, 0.6) is 0 Å². The van der Waals surface area contributed by atoms with Crippen molar-refractivity contribution in [2.75, 3.05) is 0 Å². The zero-order valence-corrected chi connectivity index (χ0v) is 12.1. The molecule has 0 saturated carbocycles. The van der Waals surface area contributed by atoms with Crippen LogP contribution in [0.15, 0.2) is 54.6 Å². The van der Waals surface area contributed by atoms with Crippen molar-refractivity contribution in [1.29, 1.82) is 0 Å². The van der Waals surface area contributed by atoms with Crippen LogP contribution in [0.25, 0.3) is 11.3 Å². The highest BCUT2D eigenvalue weighted by atomic mass is 35.5. The van der Waals surface area contributed by atoms with Gasteiger partial charge in [-0.25, -0.2) is 4.68 Å². The highest BCUT2D eigenvalue weighted by molar-refractivity contribution is 6.32. The lowest BCUT2D eigenvalue weighted by Gasteiger charge is -2.03. The van der Waals surface area contributed by atoms with Gasteiger partial charge >= 0.3 is 0 Å². The molecule has 0 fully saturated rings. The van der Waals surface area contributed by atoms with E-state index in [1.54, 1.807) is 18.2 Å². The van der Waals surface area contributed by atoms with Crippen molar-refractivity contribution in [1.82, 2.24) is 15.0 Å². The number of nitro benzene ring substituents is 1. The molecule has 6 nitrogen and oxygen atoms in total. The molecule has 2 aromatic carbocycles. The van der Waals surface area contributed by atoms with Crippen LogP contribution in [0, 0.1) is 10.1 Å². The third-order valence-corrected chi connectivity index (χ3v) is 3.58. The number of nitro groups is 1. The third kappa shape index (κ3) is 2.68. The summed E-state index contributed by atoms with van der Waals surface area (Å²) in [6.45, 7) is 0.452. The minimum atomic E-state index is -0.456. The number of rotatable bonds is 4. The second kappa shape index (κ2) is 5.95.